The van der Waals surface area contributed by atoms with Crippen molar-refractivity contribution < 1.29 is 28.6 Å². The van der Waals surface area contributed by atoms with E-state index in [4.69, 9.17) is 27.2 Å². The highest BCUT2D eigenvalue weighted by molar-refractivity contribution is 6.31. The predicted octanol–water partition coefficient (Wildman–Crippen LogP) is 2.35. The van der Waals surface area contributed by atoms with Crippen LogP contribution in [0.4, 0.5) is 10.1 Å². The van der Waals surface area contributed by atoms with Crippen LogP contribution in [0.5, 0.6) is 0 Å². The number of carbonyl (C=O) groups is 3. The van der Waals surface area contributed by atoms with E-state index in [9.17, 15) is 14.0 Å². The Kier molecular flexibility index (Phi) is 11.6. The largest absolute Gasteiger partial charge is 0.483 e. The van der Waals surface area contributed by atoms with Gasteiger partial charge in [0.15, 0.2) is 0 Å². The topological polar surface area (TPSA) is 119 Å². The normalized spacial score (nSPS) is 12.8. The number of amides is 2. The molecule has 0 fully saturated rings. The Morgan fingerprint density at radius 1 is 1.36 bits per heavy atom. The maximum absolute atomic E-state index is 13.0. The highest BCUT2D eigenvalue weighted by Gasteiger charge is 2.23. The molecule has 0 saturated heterocycles. The second kappa shape index (κ2) is 12.9. The number of nitrogens with one attached hydrogen (secondary N) is 1. The summed E-state index contributed by atoms with van der Waals surface area (Å²) in [6, 6.07) is 3.47. The number of anilines is 1. The molecule has 0 aliphatic heterocycles. The van der Waals surface area contributed by atoms with Crippen LogP contribution in [0.15, 0.2) is 30.4 Å². The number of ether oxygens (including phenoxy) is 1. The van der Waals surface area contributed by atoms with Gasteiger partial charge in [0.1, 0.15) is 5.82 Å². The summed E-state index contributed by atoms with van der Waals surface area (Å²) >= 11 is 5.60. The highest BCUT2D eigenvalue weighted by Crippen LogP contribution is 2.18. The van der Waals surface area contributed by atoms with Crippen molar-refractivity contribution in [2.75, 3.05) is 12.4 Å². The molecule has 1 aromatic rings. The Bertz CT molecular complexity index is 584. The molecule has 138 valence electrons. The third-order valence-electron chi connectivity index (χ3n) is 2.77. The second-order valence-electron chi connectivity index (χ2n) is 4.67. The lowest BCUT2D eigenvalue weighted by Crippen LogP contribution is -2.40. The Morgan fingerprint density at radius 2 is 1.92 bits per heavy atom. The number of benzene rings is 1. The van der Waals surface area contributed by atoms with Crippen LogP contribution in [-0.4, -0.2) is 36.6 Å². The van der Waals surface area contributed by atoms with E-state index in [1.54, 1.807) is 0 Å². The van der Waals surface area contributed by atoms with Crippen molar-refractivity contribution in [1.82, 2.24) is 0 Å². The van der Waals surface area contributed by atoms with Crippen LogP contribution >= 0.6 is 11.6 Å². The summed E-state index contributed by atoms with van der Waals surface area (Å²) in [5, 5.41) is 9.27. The van der Waals surface area contributed by atoms with E-state index in [0.29, 0.717) is 0 Å². The zero-order chi connectivity index (χ0) is 19.2. The lowest BCUT2D eigenvalue weighted by Gasteiger charge is -2.12. The predicted molar refractivity (Wildman–Crippen MR) is 91.7 cm³/mol. The summed E-state index contributed by atoms with van der Waals surface area (Å²) in [4.78, 5) is 30.7. The number of nitrogens with two attached hydrogens (primary N) is 1. The van der Waals surface area contributed by atoms with Gasteiger partial charge in [-0.25, -0.2) is 4.39 Å². The number of primary amides is 1. The number of carboxylic acid groups (broad SMARTS) is 1. The summed E-state index contributed by atoms with van der Waals surface area (Å²) in [6.45, 7) is -0.250. The van der Waals surface area contributed by atoms with Crippen LogP contribution in [0.3, 0.4) is 0 Å². The van der Waals surface area contributed by atoms with Crippen molar-refractivity contribution >= 4 is 35.6 Å². The number of rotatable bonds is 4. The van der Waals surface area contributed by atoms with Gasteiger partial charge in [0.25, 0.3) is 18.3 Å². The molecule has 0 heterocycles. The van der Waals surface area contributed by atoms with E-state index in [-0.39, 0.29) is 17.2 Å². The van der Waals surface area contributed by atoms with Crippen molar-refractivity contribution in [2.45, 2.75) is 25.4 Å². The molecular weight excluding hydrogens is 355 g/mol. The molecule has 1 aliphatic rings. The number of allylic oxidation sites excluding steroid dienone is 2. The van der Waals surface area contributed by atoms with Gasteiger partial charge >= 0.3 is 0 Å². The third kappa shape index (κ3) is 10.1. The van der Waals surface area contributed by atoms with Crippen LogP contribution in [0, 0.1) is 5.82 Å². The fourth-order valence-corrected chi connectivity index (χ4v) is 2.00. The minimum Gasteiger partial charge on any atom is -0.483 e. The molecule has 7 nitrogen and oxygen atoms in total. The van der Waals surface area contributed by atoms with Gasteiger partial charge in [-0.1, -0.05) is 23.8 Å². The first-order chi connectivity index (χ1) is 11.8. The van der Waals surface area contributed by atoms with Crippen molar-refractivity contribution in [3.63, 3.8) is 0 Å². The monoisotopic (exact) mass is 374 g/mol. The molecule has 2 amide bonds. The molecular formula is C16H20ClFN2O5. The van der Waals surface area contributed by atoms with Gasteiger partial charge in [0.2, 0.25) is 6.10 Å². The maximum atomic E-state index is 13.0. The Balaban J connectivity index is 0.000000592. The number of carbonyl (C=O) groups excluding carboxylic acids is 2. The summed E-state index contributed by atoms with van der Waals surface area (Å²) in [5.74, 6) is -2.34. The van der Waals surface area contributed by atoms with Crippen LogP contribution in [0.2, 0.25) is 5.02 Å². The quantitative estimate of drug-likeness (QED) is 0.424. The van der Waals surface area contributed by atoms with Gasteiger partial charge in [0, 0.05) is 17.8 Å². The molecule has 2 rings (SSSR count). The minimum atomic E-state index is -1.43. The Morgan fingerprint density at radius 3 is 2.28 bits per heavy atom. The van der Waals surface area contributed by atoms with Crippen LogP contribution < -0.4 is 11.1 Å². The molecule has 25 heavy (non-hydrogen) atoms. The van der Waals surface area contributed by atoms with Gasteiger partial charge in [-0.2, -0.15) is 0 Å². The first kappa shape index (κ1) is 22.6. The summed E-state index contributed by atoms with van der Waals surface area (Å²) < 4.78 is 17.6. The van der Waals surface area contributed by atoms with Gasteiger partial charge in [-0.3, -0.25) is 14.4 Å². The van der Waals surface area contributed by atoms with E-state index in [1.807, 2.05) is 0 Å². The standard InChI is InChI=1S/C10H10ClFN2O3.C5H8.CH2O2/c1-17-8(9(13)15)10(16)14-7-3-5(11)2-6(12)4-7;1-2-4-5-3-1;2-1-3/h2-4,8H,1H3,(H2,13,15)(H,14,16);1-2H,3-5H2;1H,(H,2,3). The van der Waals surface area contributed by atoms with Crippen LogP contribution in [0.25, 0.3) is 0 Å². The number of hydrogen-bond donors (Lipinski definition) is 3. The van der Waals surface area contributed by atoms with Gasteiger partial charge in [-0.05, 0) is 37.5 Å². The van der Waals surface area contributed by atoms with Gasteiger partial charge in [-0.15, -0.1) is 0 Å². The lowest BCUT2D eigenvalue weighted by molar-refractivity contribution is -0.138. The van der Waals surface area contributed by atoms with E-state index in [0.717, 1.165) is 19.2 Å². The van der Waals surface area contributed by atoms with Gasteiger partial charge in [0.05, 0.1) is 0 Å². The highest BCUT2D eigenvalue weighted by atomic mass is 35.5. The van der Waals surface area contributed by atoms with Crippen molar-refractivity contribution in [3.8, 4) is 0 Å². The average molecular weight is 375 g/mol. The molecule has 1 atom stereocenters. The van der Waals surface area contributed by atoms with Crippen LogP contribution in [-0.2, 0) is 19.1 Å². The molecule has 0 spiro atoms. The number of hydrogen-bond acceptors (Lipinski definition) is 4. The third-order valence-corrected chi connectivity index (χ3v) is 2.99. The van der Waals surface area contributed by atoms with Crippen molar-refractivity contribution in [1.29, 1.82) is 0 Å². The molecule has 0 saturated carbocycles. The van der Waals surface area contributed by atoms with E-state index < -0.39 is 23.7 Å². The second-order valence-corrected chi connectivity index (χ2v) is 5.11. The summed E-state index contributed by atoms with van der Waals surface area (Å²) in [6.07, 6.45) is 7.07. The van der Waals surface area contributed by atoms with Crippen molar-refractivity contribution in [3.05, 3.63) is 41.2 Å². The fraction of sp³-hybridized carbons (Fsp3) is 0.312. The van der Waals surface area contributed by atoms with E-state index in [1.165, 1.54) is 25.3 Å². The SMILES string of the molecule is C1=CCCC1.COC(C(N)=O)C(=O)Nc1cc(F)cc(Cl)c1.O=CO. The first-order valence-electron chi connectivity index (χ1n) is 7.17. The molecule has 0 radical (unpaired) electrons. The molecule has 0 aromatic heterocycles. The lowest BCUT2D eigenvalue weighted by atomic mass is 10.2. The summed E-state index contributed by atoms with van der Waals surface area (Å²) in [7, 11) is 1.16. The molecule has 4 N–H and O–H groups in total. The summed E-state index contributed by atoms with van der Waals surface area (Å²) in [5.41, 5.74) is 5.05. The molecule has 9 heteroatoms. The molecule has 0 bridgehead atoms. The van der Waals surface area contributed by atoms with Crippen LogP contribution in [0.1, 0.15) is 19.3 Å². The Hall–Kier alpha value is -2.45. The smallest absolute Gasteiger partial charge is 0.290 e. The number of methoxy groups -OCH3 is 1. The number of halogens is 2. The average Bonchev–Trinajstić information content (AvgIpc) is 3.06. The first-order valence-corrected chi connectivity index (χ1v) is 7.55. The molecule has 1 aromatic carbocycles. The zero-order valence-corrected chi connectivity index (χ0v) is 14.3. The van der Waals surface area contributed by atoms with E-state index >= 15 is 0 Å². The van der Waals surface area contributed by atoms with Gasteiger partial charge < -0.3 is 20.9 Å². The fourth-order valence-electron chi connectivity index (χ4n) is 1.78. The molecule has 1 unspecified atom stereocenters. The van der Waals surface area contributed by atoms with E-state index in [2.05, 4.69) is 22.2 Å². The zero-order valence-electron chi connectivity index (χ0n) is 13.6. The van der Waals surface area contributed by atoms with Crippen molar-refractivity contribution in [2.24, 2.45) is 5.73 Å². The Labute approximate surface area is 149 Å². The minimum absolute atomic E-state index is 0.114. The maximum Gasteiger partial charge on any atom is 0.290 e. The molecule has 1 aliphatic carbocycles.